The average molecular weight is 405 g/mol. The summed E-state index contributed by atoms with van der Waals surface area (Å²) in [7, 11) is 1.62. The summed E-state index contributed by atoms with van der Waals surface area (Å²) in [6.45, 7) is 2.00. The molecule has 1 fully saturated rings. The van der Waals surface area contributed by atoms with Gasteiger partial charge in [-0.2, -0.15) is 0 Å². The number of rotatable bonds is 4. The monoisotopic (exact) mass is 405 g/mol. The van der Waals surface area contributed by atoms with Gasteiger partial charge in [0.25, 0.3) is 5.56 Å². The van der Waals surface area contributed by atoms with Crippen LogP contribution >= 0.6 is 0 Å². The van der Waals surface area contributed by atoms with Gasteiger partial charge < -0.3 is 18.7 Å². The smallest absolute Gasteiger partial charge is 0.250 e. The van der Waals surface area contributed by atoms with Gasteiger partial charge in [-0.1, -0.05) is 23.4 Å². The van der Waals surface area contributed by atoms with E-state index in [9.17, 15) is 9.59 Å². The second-order valence-electron chi connectivity index (χ2n) is 8.09. The van der Waals surface area contributed by atoms with Crippen LogP contribution in [0.25, 0.3) is 11.3 Å². The molecule has 4 heterocycles. The van der Waals surface area contributed by atoms with Gasteiger partial charge in [-0.3, -0.25) is 9.59 Å². The highest BCUT2D eigenvalue weighted by molar-refractivity contribution is 5.79. The van der Waals surface area contributed by atoms with E-state index in [2.05, 4.69) is 5.16 Å². The third-order valence-corrected chi connectivity index (χ3v) is 6.08. The number of nitrogens with zero attached hydrogens (tertiary/aromatic N) is 3. The Kier molecular flexibility index (Phi) is 4.65. The molecule has 0 N–H and O–H groups in total. The van der Waals surface area contributed by atoms with Crippen molar-refractivity contribution in [1.82, 2.24) is 14.6 Å². The molecule has 0 aliphatic carbocycles. The van der Waals surface area contributed by atoms with E-state index >= 15 is 0 Å². The van der Waals surface area contributed by atoms with E-state index in [4.69, 9.17) is 9.26 Å². The minimum Gasteiger partial charge on any atom is -0.497 e. The maximum absolute atomic E-state index is 13.0. The number of piperidine rings is 1. The SMILES string of the molecule is COc1cccc(-c2cc(CC(=O)N3CC4CC(C3)c3cccc(=O)n3C4)no2)c1. The summed E-state index contributed by atoms with van der Waals surface area (Å²) < 4.78 is 12.6. The lowest BCUT2D eigenvalue weighted by molar-refractivity contribution is -0.133. The predicted molar refractivity (Wildman–Crippen MR) is 110 cm³/mol. The molecule has 3 aromatic rings. The van der Waals surface area contributed by atoms with Gasteiger partial charge in [-0.15, -0.1) is 0 Å². The Morgan fingerprint density at radius 1 is 1.17 bits per heavy atom. The molecule has 1 amide bonds. The van der Waals surface area contributed by atoms with Gasteiger partial charge in [0.2, 0.25) is 5.91 Å². The highest BCUT2D eigenvalue weighted by atomic mass is 16.5. The van der Waals surface area contributed by atoms with Crippen LogP contribution in [0.1, 0.15) is 23.7 Å². The number of carbonyl (C=O) groups excluding carboxylic acids is 1. The lowest BCUT2D eigenvalue weighted by Gasteiger charge is -2.42. The number of ether oxygens (including phenoxy) is 1. The number of hydrogen-bond acceptors (Lipinski definition) is 5. The zero-order valence-corrected chi connectivity index (χ0v) is 16.8. The zero-order valence-electron chi connectivity index (χ0n) is 16.8. The van der Waals surface area contributed by atoms with E-state index in [-0.39, 0.29) is 23.8 Å². The van der Waals surface area contributed by atoms with Crippen molar-refractivity contribution in [2.75, 3.05) is 20.2 Å². The van der Waals surface area contributed by atoms with Crippen LogP contribution in [0.4, 0.5) is 0 Å². The molecule has 1 saturated heterocycles. The Labute approximate surface area is 173 Å². The number of hydrogen-bond donors (Lipinski definition) is 0. The first-order chi connectivity index (χ1) is 14.6. The standard InChI is InChI=1S/C23H23N3O4/c1-29-19-5-2-4-16(9-19)21-10-18(24-30-21)11-23(28)25-12-15-8-17(14-25)20-6-3-7-22(27)26(20)13-15/h2-7,9-10,15,17H,8,11-14H2,1H3. The van der Waals surface area contributed by atoms with Crippen molar-refractivity contribution in [2.24, 2.45) is 5.92 Å². The van der Waals surface area contributed by atoms with Crippen molar-refractivity contribution < 1.29 is 14.1 Å². The van der Waals surface area contributed by atoms with E-state index < -0.39 is 0 Å². The minimum atomic E-state index is 0.0434. The molecular weight excluding hydrogens is 382 g/mol. The predicted octanol–water partition coefficient (Wildman–Crippen LogP) is 2.70. The van der Waals surface area contributed by atoms with Crippen LogP contribution in [-0.4, -0.2) is 40.7 Å². The molecule has 30 heavy (non-hydrogen) atoms. The molecule has 7 heteroatoms. The number of amides is 1. The number of pyridine rings is 1. The number of benzene rings is 1. The number of likely N-dealkylation sites (tertiary alicyclic amines) is 1. The Morgan fingerprint density at radius 2 is 2.03 bits per heavy atom. The number of methoxy groups -OCH3 is 1. The van der Waals surface area contributed by atoms with Gasteiger partial charge in [0, 0.05) is 48.9 Å². The summed E-state index contributed by atoms with van der Waals surface area (Å²) in [4.78, 5) is 27.1. The van der Waals surface area contributed by atoms with Crippen molar-refractivity contribution in [1.29, 1.82) is 0 Å². The average Bonchev–Trinajstić information content (AvgIpc) is 3.23. The Bertz CT molecular complexity index is 1150. The van der Waals surface area contributed by atoms with E-state index in [0.717, 1.165) is 23.4 Å². The topological polar surface area (TPSA) is 77.6 Å². The van der Waals surface area contributed by atoms with Crippen molar-refractivity contribution in [3.63, 3.8) is 0 Å². The number of aromatic nitrogens is 2. The molecule has 0 spiro atoms. The third kappa shape index (κ3) is 3.40. The molecule has 2 atom stereocenters. The quantitative estimate of drug-likeness (QED) is 0.667. The molecule has 5 rings (SSSR count). The molecule has 0 radical (unpaired) electrons. The van der Waals surface area contributed by atoms with Crippen LogP contribution in [0, 0.1) is 5.92 Å². The summed E-state index contributed by atoms with van der Waals surface area (Å²) in [6.07, 6.45) is 1.23. The van der Waals surface area contributed by atoms with Gasteiger partial charge in [0.05, 0.1) is 19.2 Å². The molecule has 154 valence electrons. The van der Waals surface area contributed by atoms with Crippen molar-refractivity contribution >= 4 is 5.91 Å². The second-order valence-corrected chi connectivity index (χ2v) is 8.09. The minimum absolute atomic E-state index is 0.0434. The lowest BCUT2D eigenvalue weighted by Crippen LogP contribution is -2.49. The van der Waals surface area contributed by atoms with Crippen molar-refractivity contribution in [3.05, 3.63) is 70.3 Å². The molecule has 2 aliphatic rings. The van der Waals surface area contributed by atoms with Crippen LogP contribution in [0.3, 0.4) is 0 Å². The Balaban J connectivity index is 1.30. The van der Waals surface area contributed by atoms with Crippen LogP contribution in [-0.2, 0) is 17.8 Å². The van der Waals surface area contributed by atoms with Crippen LogP contribution in [0.15, 0.2) is 57.8 Å². The van der Waals surface area contributed by atoms with Gasteiger partial charge in [0.1, 0.15) is 5.75 Å². The molecule has 2 bridgehead atoms. The zero-order chi connectivity index (χ0) is 20.7. The maximum atomic E-state index is 13.0. The first-order valence-electron chi connectivity index (χ1n) is 10.2. The number of fused-ring (bicyclic) bond motifs is 4. The maximum Gasteiger partial charge on any atom is 0.250 e. The summed E-state index contributed by atoms with van der Waals surface area (Å²) >= 11 is 0. The largest absolute Gasteiger partial charge is 0.497 e. The van der Waals surface area contributed by atoms with Gasteiger partial charge in [-0.25, -0.2) is 0 Å². The Hall–Kier alpha value is -3.35. The first-order valence-corrected chi connectivity index (χ1v) is 10.2. The van der Waals surface area contributed by atoms with Crippen LogP contribution in [0.2, 0.25) is 0 Å². The van der Waals surface area contributed by atoms with E-state index in [1.165, 1.54) is 0 Å². The van der Waals surface area contributed by atoms with E-state index in [1.807, 2.05) is 51.9 Å². The normalized spacial score (nSPS) is 20.0. The van der Waals surface area contributed by atoms with Crippen molar-refractivity contribution in [3.8, 4) is 17.1 Å². The summed E-state index contributed by atoms with van der Waals surface area (Å²) in [5, 5.41) is 4.09. The molecule has 0 saturated carbocycles. The fourth-order valence-electron chi connectivity index (χ4n) is 4.67. The van der Waals surface area contributed by atoms with Crippen LogP contribution < -0.4 is 10.3 Å². The summed E-state index contributed by atoms with van der Waals surface area (Å²) in [6, 6.07) is 14.8. The van der Waals surface area contributed by atoms with Crippen molar-refractivity contribution in [2.45, 2.75) is 25.3 Å². The van der Waals surface area contributed by atoms with Gasteiger partial charge >= 0.3 is 0 Å². The second kappa shape index (κ2) is 7.48. The molecule has 7 nitrogen and oxygen atoms in total. The lowest BCUT2D eigenvalue weighted by atomic mass is 9.83. The summed E-state index contributed by atoms with van der Waals surface area (Å²) in [5.41, 5.74) is 2.56. The molecule has 1 aromatic carbocycles. The highest BCUT2D eigenvalue weighted by Crippen LogP contribution is 2.35. The molecule has 2 aliphatic heterocycles. The number of carbonyl (C=O) groups is 1. The van der Waals surface area contributed by atoms with E-state index in [0.29, 0.717) is 37.0 Å². The fraction of sp³-hybridized carbons (Fsp3) is 0.348. The first kappa shape index (κ1) is 18.7. The highest BCUT2D eigenvalue weighted by Gasteiger charge is 2.36. The molecule has 2 unspecified atom stereocenters. The third-order valence-electron chi connectivity index (χ3n) is 6.08. The van der Waals surface area contributed by atoms with Crippen LogP contribution in [0.5, 0.6) is 5.75 Å². The Morgan fingerprint density at radius 3 is 2.90 bits per heavy atom. The van der Waals surface area contributed by atoms with Gasteiger partial charge in [0.15, 0.2) is 5.76 Å². The fourth-order valence-corrected chi connectivity index (χ4v) is 4.67. The molecular formula is C23H23N3O4. The van der Waals surface area contributed by atoms with E-state index in [1.54, 1.807) is 13.2 Å². The van der Waals surface area contributed by atoms with Gasteiger partial charge in [-0.05, 0) is 30.5 Å². The summed E-state index contributed by atoms with van der Waals surface area (Å²) in [5.74, 6) is 1.91. The molecule has 2 aromatic heterocycles.